The van der Waals surface area contributed by atoms with Crippen LogP contribution >= 0.6 is 0 Å². The Morgan fingerprint density at radius 1 is 1.10 bits per heavy atom. The van der Waals surface area contributed by atoms with Gasteiger partial charge in [0.2, 0.25) is 0 Å². The molecule has 0 aliphatic carbocycles. The third-order valence-electron chi connectivity index (χ3n) is 3.52. The molecule has 2 aromatic carbocycles. The van der Waals surface area contributed by atoms with E-state index in [4.69, 9.17) is 4.74 Å². The molecule has 3 nitrogen and oxygen atoms in total. The number of rotatable bonds is 4. The standard InChI is InChI=1S/C18H21NO2/c1-12(2)14-5-7-15(8-6-14)18(20)19-17-10-9-16(21-4)11-13(17)3/h5-12H,1-4H3,(H,19,20). The van der Waals surface area contributed by atoms with E-state index in [1.165, 1.54) is 5.56 Å². The van der Waals surface area contributed by atoms with Gasteiger partial charge in [-0.05, 0) is 54.3 Å². The lowest BCUT2D eigenvalue weighted by atomic mass is 10.0. The monoisotopic (exact) mass is 283 g/mol. The summed E-state index contributed by atoms with van der Waals surface area (Å²) in [7, 11) is 1.63. The van der Waals surface area contributed by atoms with Crippen LogP contribution in [0, 0.1) is 6.92 Å². The average Bonchev–Trinajstić information content (AvgIpc) is 2.49. The van der Waals surface area contributed by atoms with Crippen LogP contribution in [0.15, 0.2) is 42.5 Å². The van der Waals surface area contributed by atoms with Crippen molar-refractivity contribution >= 4 is 11.6 Å². The maximum absolute atomic E-state index is 12.3. The lowest BCUT2D eigenvalue weighted by Gasteiger charge is -2.11. The summed E-state index contributed by atoms with van der Waals surface area (Å²) in [6.45, 7) is 6.21. The Hall–Kier alpha value is -2.29. The van der Waals surface area contributed by atoms with Gasteiger partial charge >= 0.3 is 0 Å². The zero-order valence-corrected chi connectivity index (χ0v) is 12.9. The molecule has 0 aliphatic rings. The van der Waals surface area contributed by atoms with Gasteiger partial charge in [0.25, 0.3) is 5.91 Å². The van der Waals surface area contributed by atoms with Gasteiger partial charge in [-0.15, -0.1) is 0 Å². The van der Waals surface area contributed by atoms with Crippen LogP contribution in [0.5, 0.6) is 5.75 Å². The lowest BCUT2D eigenvalue weighted by molar-refractivity contribution is 0.102. The molecule has 0 fully saturated rings. The van der Waals surface area contributed by atoms with Gasteiger partial charge in [-0.2, -0.15) is 0 Å². The van der Waals surface area contributed by atoms with E-state index in [1.54, 1.807) is 7.11 Å². The SMILES string of the molecule is COc1ccc(NC(=O)c2ccc(C(C)C)cc2)c(C)c1. The van der Waals surface area contributed by atoms with E-state index in [0.717, 1.165) is 17.0 Å². The molecule has 2 rings (SSSR count). The van der Waals surface area contributed by atoms with E-state index < -0.39 is 0 Å². The summed E-state index contributed by atoms with van der Waals surface area (Å²) < 4.78 is 5.16. The van der Waals surface area contributed by atoms with Gasteiger partial charge in [-0.25, -0.2) is 0 Å². The normalized spacial score (nSPS) is 10.5. The van der Waals surface area contributed by atoms with E-state index in [-0.39, 0.29) is 5.91 Å². The van der Waals surface area contributed by atoms with Crippen molar-refractivity contribution in [2.24, 2.45) is 0 Å². The molecule has 0 heterocycles. The van der Waals surface area contributed by atoms with Crippen molar-refractivity contribution in [3.63, 3.8) is 0 Å². The number of carbonyl (C=O) groups excluding carboxylic acids is 1. The molecular formula is C18H21NO2. The second-order valence-corrected chi connectivity index (χ2v) is 5.41. The molecule has 0 aliphatic heterocycles. The van der Waals surface area contributed by atoms with Gasteiger partial charge in [0.1, 0.15) is 5.75 Å². The zero-order chi connectivity index (χ0) is 15.4. The van der Waals surface area contributed by atoms with Crippen LogP contribution in [0.2, 0.25) is 0 Å². The number of aryl methyl sites for hydroxylation is 1. The molecule has 0 radical (unpaired) electrons. The van der Waals surface area contributed by atoms with Crippen molar-refractivity contribution < 1.29 is 9.53 Å². The number of hydrogen-bond acceptors (Lipinski definition) is 2. The number of amides is 1. The Morgan fingerprint density at radius 2 is 1.76 bits per heavy atom. The number of nitrogens with one attached hydrogen (secondary N) is 1. The molecular weight excluding hydrogens is 262 g/mol. The predicted octanol–water partition coefficient (Wildman–Crippen LogP) is 4.38. The summed E-state index contributed by atoms with van der Waals surface area (Å²) in [4.78, 5) is 12.3. The minimum Gasteiger partial charge on any atom is -0.497 e. The highest BCUT2D eigenvalue weighted by molar-refractivity contribution is 6.04. The van der Waals surface area contributed by atoms with Gasteiger partial charge in [0, 0.05) is 11.3 Å². The second-order valence-electron chi connectivity index (χ2n) is 5.41. The van der Waals surface area contributed by atoms with Crippen LogP contribution < -0.4 is 10.1 Å². The summed E-state index contributed by atoms with van der Waals surface area (Å²) in [6.07, 6.45) is 0. The van der Waals surface area contributed by atoms with Crippen molar-refractivity contribution in [1.82, 2.24) is 0 Å². The van der Waals surface area contributed by atoms with E-state index >= 15 is 0 Å². The highest BCUT2D eigenvalue weighted by Gasteiger charge is 2.09. The van der Waals surface area contributed by atoms with Crippen molar-refractivity contribution in [3.05, 3.63) is 59.2 Å². The number of hydrogen-bond donors (Lipinski definition) is 1. The Morgan fingerprint density at radius 3 is 2.29 bits per heavy atom. The van der Waals surface area contributed by atoms with E-state index in [9.17, 15) is 4.79 Å². The number of carbonyl (C=O) groups is 1. The highest BCUT2D eigenvalue weighted by atomic mass is 16.5. The van der Waals surface area contributed by atoms with Gasteiger partial charge in [-0.3, -0.25) is 4.79 Å². The first-order valence-electron chi connectivity index (χ1n) is 7.07. The van der Waals surface area contributed by atoms with Crippen molar-refractivity contribution in [1.29, 1.82) is 0 Å². The van der Waals surface area contributed by atoms with Crippen molar-refractivity contribution in [2.45, 2.75) is 26.7 Å². The van der Waals surface area contributed by atoms with Gasteiger partial charge in [-0.1, -0.05) is 26.0 Å². The molecule has 1 N–H and O–H groups in total. The fraction of sp³-hybridized carbons (Fsp3) is 0.278. The quantitative estimate of drug-likeness (QED) is 0.904. The third-order valence-corrected chi connectivity index (χ3v) is 3.52. The second kappa shape index (κ2) is 6.44. The number of ether oxygens (including phenoxy) is 1. The fourth-order valence-electron chi connectivity index (χ4n) is 2.12. The van der Waals surface area contributed by atoms with Crippen LogP contribution in [0.4, 0.5) is 5.69 Å². The van der Waals surface area contributed by atoms with Crippen LogP contribution in [-0.2, 0) is 0 Å². The highest BCUT2D eigenvalue weighted by Crippen LogP contribution is 2.22. The van der Waals surface area contributed by atoms with Crippen molar-refractivity contribution in [3.8, 4) is 5.75 Å². The van der Waals surface area contributed by atoms with E-state index in [2.05, 4.69) is 19.2 Å². The first kappa shape index (κ1) is 15.1. The molecule has 0 saturated heterocycles. The molecule has 0 aromatic heterocycles. The largest absolute Gasteiger partial charge is 0.497 e. The maximum atomic E-state index is 12.3. The van der Waals surface area contributed by atoms with E-state index in [0.29, 0.717) is 11.5 Å². The molecule has 21 heavy (non-hydrogen) atoms. The van der Waals surface area contributed by atoms with Crippen LogP contribution in [0.3, 0.4) is 0 Å². The third kappa shape index (κ3) is 3.63. The minimum atomic E-state index is -0.0985. The average molecular weight is 283 g/mol. The minimum absolute atomic E-state index is 0.0985. The lowest BCUT2D eigenvalue weighted by Crippen LogP contribution is -2.12. The first-order chi connectivity index (χ1) is 10.0. The summed E-state index contributed by atoms with van der Waals surface area (Å²) in [5, 5.41) is 2.93. The molecule has 0 spiro atoms. The fourth-order valence-corrected chi connectivity index (χ4v) is 2.12. The molecule has 1 amide bonds. The molecule has 110 valence electrons. The molecule has 0 atom stereocenters. The summed E-state index contributed by atoms with van der Waals surface area (Å²) in [5.41, 5.74) is 3.66. The first-order valence-corrected chi connectivity index (χ1v) is 7.07. The van der Waals surface area contributed by atoms with Gasteiger partial charge < -0.3 is 10.1 Å². The van der Waals surface area contributed by atoms with E-state index in [1.807, 2.05) is 49.4 Å². The summed E-state index contributed by atoms with van der Waals surface area (Å²) >= 11 is 0. The van der Waals surface area contributed by atoms with Crippen LogP contribution in [-0.4, -0.2) is 13.0 Å². The van der Waals surface area contributed by atoms with Crippen molar-refractivity contribution in [2.75, 3.05) is 12.4 Å². The molecule has 0 bridgehead atoms. The Labute approximate surface area is 126 Å². The smallest absolute Gasteiger partial charge is 0.255 e. The summed E-state index contributed by atoms with van der Waals surface area (Å²) in [5.74, 6) is 1.15. The molecule has 0 saturated carbocycles. The predicted molar refractivity (Wildman–Crippen MR) is 86.2 cm³/mol. The topological polar surface area (TPSA) is 38.3 Å². The zero-order valence-electron chi connectivity index (χ0n) is 12.9. The Balaban J connectivity index is 2.14. The maximum Gasteiger partial charge on any atom is 0.255 e. The van der Waals surface area contributed by atoms with Crippen LogP contribution in [0.25, 0.3) is 0 Å². The summed E-state index contributed by atoms with van der Waals surface area (Å²) in [6, 6.07) is 13.3. The molecule has 2 aromatic rings. The number of anilines is 1. The Bertz CT molecular complexity index is 630. The molecule has 0 unspecified atom stereocenters. The van der Waals surface area contributed by atoms with Crippen LogP contribution in [0.1, 0.15) is 41.3 Å². The van der Waals surface area contributed by atoms with Gasteiger partial charge in [0.05, 0.1) is 7.11 Å². The number of methoxy groups -OCH3 is 1. The Kier molecular flexibility index (Phi) is 4.63. The number of benzene rings is 2. The molecule has 3 heteroatoms. The van der Waals surface area contributed by atoms with Gasteiger partial charge in [0.15, 0.2) is 0 Å².